The summed E-state index contributed by atoms with van der Waals surface area (Å²) in [6.07, 6.45) is -5.52. The van der Waals surface area contributed by atoms with Crippen LogP contribution < -0.4 is 0 Å². The summed E-state index contributed by atoms with van der Waals surface area (Å²) < 4.78 is 38.3. The lowest BCUT2D eigenvalue weighted by atomic mass is 10.0. The molecule has 1 aromatic carbocycles. The van der Waals surface area contributed by atoms with E-state index in [9.17, 15) is 18.3 Å². The van der Waals surface area contributed by atoms with Gasteiger partial charge in [-0.15, -0.1) is 11.3 Å². The number of hydrogen-bond acceptors (Lipinski definition) is 2. The minimum absolute atomic E-state index is 0.202. The van der Waals surface area contributed by atoms with Gasteiger partial charge in [0.1, 0.15) is 6.10 Å². The number of hydrogen-bond donors (Lipinski definition) is 1. The summed E-state index contributed by atoms with van der Waals surface area (Å²) in [6.45, 7) is 1.78. The van der Waals surface area contributed by atoms with E-state index in [1.807, 2.05) is 0 Å². The average molecular weight is 307 g/mol. The van der Waals surface area contributed by atoms with Crippen molar-refractivity contribution in [2.45, 2.75) is 19.2 Å². The van der Waals surface area contributed by atoms with Crippen LogP contribution in [-0.2, 0) is 6.18 Å². The zero-order chi connectivity index (χ0) is 14.2. The highest BCUT2D eigenvalue weighted by Crippen LogP contribution is 2.36. The van der Waals surface area contributed by atoms with Crippen LogP contribution in [0.2, 0.25) is 4.34 Å². The Morgan fingerprint density at radius 3 is 2.47 bits per heavy atom. The summed E-state index contributed by atoms with van der Waals surface area (Å²) >= 11 is 7.06. The standard InChI is InChI=1S/C13H10ClF3OS/c1-7-5-10(19-12(7)14)11(18)8-3-2-4-9(6-8)13(15,16)17/h2-6,11,18H,1H3. The molecule has 1 aromatic heterocycles. The molecule has 0 aliphatic carbocycles. The van der Waals surface area contributed by atoms with Crippen molar-refractivity contribution in [2.75, 3.05) is 0 Å². The van der Waals surface area contributed by atoms with E-state index in [4.69, 9.17) is 11.6 Å². The smallest absolute Gasteiger partial charge is 0.383 e. The van der Waals surface area contributed by atoms with Crippen molar-refractivity contribution < 1.29 is 18.3 Å². The van der Waals surface area contributed by atoms with Gasteiger partial charge in [0, 0.05) is 4.88 Å². The van der Waals surface area contributed by atoms with Crippen molar-refractivity contribution in [3.8, 4) is 0 Å². The fourth-order valence-corrected chi connectivity index (χ4v) is 2.90. The lowest BCUT2D eigenvalue weighted by Gasteiger charge is -2.12. The van der Waals surface area contributed by atoms with E-state index in [2.05, 4.69) is 0 Å². The first-order valence-corrected chi connectivity index (χ1v) is 6.59. The molecule has 0 aliphatic heterocycles. The number of benzene rings is 1. The first-order chi connectivity index (χ1) is 8.79. The summed E-state index contributed by atoms with van der Waals surface area (Å²) in [6, 6.07) is 6.35. The van der Waals surface area contributed by atoms with E-state index in [1.54, 1.807) is 13.0 Å². The van der Waals surface area contributed by atoms with Crippen molar-refractivity contribution >= 4 is 22.9 Å². The fourth-order valence-electron chi connectivity index (χ4n) is 1.67. The minimum Gasteiger partial charge on any atom is -0.383 e. The molecule has 0 saturated carbocycles. The molecule has 6 heteroatoms. The van der Waals surface area contributed by atoms with Gasteiger partial charge >= 0.3 is 6.18 Å². The van der Waals surface area contributed by atoms with Crippen LogP contribution in [0, 0.1) is 6.92 Å². The van der Waals surface area contributed by atoms with Crippen molar-refractivity contribution in [3.05, 3.63) is 56.2 Å². The Bertz CT molecular complexity index is 572. The predicted octanol–water partition coefficient (Wildman–Crippen LogP) is 4.81. The first-order valence-electron chi connectivity index (χ1n) is 5.40. The van der Waals surface area contributed by atoms with E-state index < -0.39 is 17.8 Å². The second kappa shape index (κ2) is 5.15. The molecule has 1 atom stereocenters. The molecule has 0 radical (unpaired) electrons. The van der Waals surface area contributed by atoms with Gasteiger partial charge in [0.05, 0.1) is 9.90 Å². The Labute approximate surface area is 117 Å². The number of aryl methyl sites for hydroxylation is 1. The monoisotopic (exact) mass is 306 g/mol. The van der Waals surface area contributed by atoms with E-state index in [0.29, 0.717) is 9.21 Å². The molecule has 102 valence electrons. The average Bonchev–Trinajstić information content (AvgIpc) is 2.68. The Morgan fingerprint density at radius 1 is 1.26 bits per heavy atom. The zero-order valence-corrected chi connectivity index (χ0v) is 11.4. The maximum absolute atomic E-state index is 12.6. The summed E-state index contributed by atoms with van der Waals surface area (Å²) in [5, 5.41) is 10.1. The first kappa shape index (κ1) is 14.4. The van der Waals surface area contributed by atoms with Crippen molar-refractivity contribution in [1.82, 2.24) is 0 Å². The lowest BCUT2D eigenvalue weighted by Crippen LogP contribution is -2.06. The number of alkyl halides is 3. The minimum atomic E-state index is -4.42. The zero-order valence-electron chi connectivity index (χ0n) is 9.83. The van der Waals surface area contributed by atoms with Crippen LogP contribution >= 0.6 is 22.9 Å². The molecule has 2 rings (SSSR count). The molecule has 0 saturated heterocycles. The second-order valence-corrected chi connectivity index (χ2v) is 5.82. The largest absolute Gasteiger partial charge is 0.416 e. The highest BCUT2D eigenvalue weighted by molar-refractivity contribution is 7.16. The van der Waals surface area contributed by atoms with Gasteiger partial charge in [0.2, 0.25) is 0 Å². The molecule has 2 aromatic rings. The van der Waals surface area contributed by atoms with Crippen LogP contribution in [0.25, 0.3) is 0 Å². The normalized spacial score (nSPS) is 13.6. The van der Waals surface area contributed by atoms with Gasteiger partial charge in [-0.3, -0.25) is 0 Å². The molecule has 0 spiro atoms. The summed E-state index contributed by atoms with van der Waals surface area (Å²) in [5.41, 5.74) is 0.226. The molecule has 1 N–H and O–H groups in total. The van der Waals surface area contributed by atoms with E-state index >= 15 is 0 Å². The van der Waals surface area contributed by atoms with Crippen LogP contribution in [0.5, 0.6) is 0 Å². The van der Waals surface area contributed by atoms with Crippen molar-refractivity contribution in [3.63, 3.8) is 0 Å². The maximum Gasteiger partial charge on any atom is 0.416 e. The summed E-state index contributed by atoms with van der Waals surface area (Å²) in [5.74, 6) is 0. The van der Waals surface area contributed by atoms with Crippen molar-refractivity contribution in [2.24, 2.45) is 0 Å². The van der Waals surface area contributed by atoms with Crippen LogP contribution in [-0.4, -0.2) is 5.11 Å². The summed E-state index contributed by atoms with van der Waals surface area (Å²) in [7, 11) is 0. The predicted molar refractivity (Wildman–Crippen MR) is 69.6 cm³/mol. The molecule has 0 aliphatic rings. The second-order valence-electron chi connectivity index (χ2n) is 4.13. The molecule has 1 unspecified atom stereocenters. The number of halogens is 4. The Morgan fingerprint density at radius 2 is 1.95 bits per heavy atom. The highest BCUT2D eigenvalue weighted by atomic mass is 35.5. The maximum atomic E-state index is 12.6. The molecular formula is C13H10ClF3OS. The number of aliphatic hydroxyl groups is 1. The van der Waals surface area contributed by atoms with Crippen LogP contribution in [0.3, 0.4) is 0 Å². The van der Waals surface area contributed by atoms with Crippen LogP contribution in [0.4, 0.5) is 13.2 Å². The topological polar surface area (TPSA) is 20.2 Å². The Kier molecular flexibility index (Phi) is 3.90. The molecule has 1 nitrogen and oxygen atoms in total. The number of thiophene rings is 1. The van der Waals surface area contributed by atoms with E-state index in [-0.39, 0.29) is 5.56 Å². The van der Waals surface area contributed by atoms with Gasteiger partial charge in [-0.25, -0.2) is 0 Å². The quantitative estimate of drug-likeness (QED) is 0.844. The van der Waals surface area contributed by atoms with Gasteiger partial charge < -0.3 is 5.11 Å². The molecule has 0 fully saturated rings. The van der Waals surface area contributed by atoms with E-state index in [1.165, 1.54) is 12.1 Å². The van der Waals surface area contributed by atoms with E-state index in [0.717, 1.165) is 29.0 Å². The number of rotatable bonds is 2. The van der Waals surface area contributed by atoms with Crippen LogP contribution in [0.1, 0.15) is 27.7 Å². The van der Waals surface area contributed by atoms with Gasteiger partial charge in [0.15, 0.2) is 0 Å². The molecular weight excluding hydrogens is 297 g/mol. The van der Waals surface area contributed by atoms with Gasteiger partial charge in [0.25, 0.3) is 0 Å². The van der Waals surface area contributed by atoms with Gasteiger partial charge in [-0.05, 0) is 36.2 Å². The molecule has 0 bridgehead atoms. The third kappa shape index (κ3) is 3.11. The third-order valence-corrected chi connectivity index (χ3v) is 4.28. The third-order valence-electron chi connectivity index (χ3n) is 2.68. The Balaban J connectivity index is 2.36. The summed E-state index contributed by atoms with van der Waals surface area (Å²) in [4.78, 5) is 0.529. The Hall–Kier alpha value is -1.04. The van der Waals surface area contributed by atoms with Crippen molar-refractivity contribution in [1.29, 1.82) is 0 Å². The highest BCUT2D eigenvalue weighted by Gasteiger charge is 2.31. The fraction of sp³-hybridized carbons (Fsp3) is 0.231. The van der Waals surface area contributed by atoms with Gasteiger partial charge in [-0.1, -0.05) is 23.7 Å². The van der Waals surface area contributed by atoms with Crippen LogP contribution in [0.15, 0.2) is 30.3 Å². The number of aliphatic hydroxyl groups excluding tert-OH is 1. The molecule has 0 amide bonds. The lowest BCUT2D eigenvalue weighted by molar-refractivity contribution is -0.137. The van der Waals surface area contributed by atoms with Gasteiger partial charge in [-0.2, -0.15) is 13.2 Å². The molecule has 19 heavy (non-hydrogen) atoms. The SMILES string of the molecule is Cc1cc(C(O)c2cccc(C(F)(F)F)c2)sc1Cl. The molecule has 1 heterocycles.